The molecule has 20 heavy (non-hydrogen) atoms. The van der Waals surface area contributed by atoms with Crippen LogP contribution in [0.25, 0.3) is 0 Å². The van der Waals surface area contributed by atoms with Gasteiger partial charge in [-0.3, -0.25) is 4.72 Å². The highest BCUT2D eigenvalue weighted by atomic mass is 32.2. The molecule has 112 valence electrons. The number of nitrogens with one attached hydrogen (secondary N) is 1. The average Bonchev–Trinajstić information content (AvgIpc) is 2.81. The van der Waals surface area contributed by atoms with Crippen LogP contribution in [0.5, 0.6) is 0 Å². The second-order valence-electron chi connectivity index (χ2n) is 4.60. The van der Waals surface area contributed by atoms with Crippen molar-refractivity contribution in [3.63, 3.8) is 0 Å². The number of hydrogen-bond donors (Lipinski definition) is 2. The van der Waals surface area contributed by atoms with Crippen LogP contribution in [-0.2, 0) is 19.9 Å². The molecule has 1 saturated heterocycles. The largest absolute Gasteiger partial charge is 0.477 e. The summed E-state index contributed by atoms with van der Waals surface area (Å²) in [5, 5.41) is 8.11. The van der Waals surface area contributed by atoms with Crippen LogP contribution in [0.1, 0.15) is 21.7 Å². The third kappa shape index (κ3) is 3.13. The maximum absolute atomic E-state index is 12.1. The number of carbonyl (C=O) groups is 1. The molecule has 2 rings (SSSR count). The maximum Gasteiger partial charge on any atom is 0.346 e. The van der Waals surface area contributed by atoms with Crippen molar-refractivity contribution in [1.82, 2.24) is 0 Å². The Hall–Kier alpha value is -1.13. The van der Waals surface area contributed by atoms with Crippen LogP contribution >= 0.6 is 11.3 Å². The van der Waals surface area contributed by atoms with E-state index in [9.17, 15) is 21.6 Å². The second-order valence-corrected chi connectivity index (χ2v) is 9.84. The van der Waals surface area contributed by atoms with Crippen molar-refractivity contribution in [2.24, 2.45) is 0 Å². The summed E-state index contributed by atoms with van der Waals surface area (Å²) in [6.07, 6.45) is 0.0633. The molecule has 0 aliphatic carbocycles. The lowest BCUT2D eigenvalue weighted by molar-refractivity contribution is 0.0701. The van der Waals surface area contributed by atoms with Crippen molar-refractivity contribution >= 4 is 42.2 Å². The topological polar surface area (TPSA) is 118 Å². The van der Waals surface area contributed by atoms with E-state index < -0.39 is 36.8 Å². The molecule has 1 fully saturated rings. The quantitative estimate of drug-likeness (QED) is 0.833. The maximum atomic E-state index is 12.1. The van der Waals surface area contributed by atoms with Gasteiger partial charge in [-0.2, -0.15) is 0 Å². The molecule has 1 aliphatic heterocycles. The van der Waals surface area contributed by atoms with Gasteiger partial charge in [0.05, 0.1) is 16.8 Å². The molecular weight excluding hydrogens is 326 g/mol. The number of sulfonamides is 1. The summed E-state index contributed by atoms with van der Waals surface area (Å²) in [5.74, 6) is -1.65. The average molecular weight is 339 g/mol. The van der Waals surface area contributed by atoms with Crippen molar-refractivity contribution in [3.8, 4) is 0 Å². The van der Waals surface area contributed by atoms with Gasteiger partial charge in [0.2, 0.25) is 10.0 Å². The summed E-state index contributed by atoms with van der Waals surface area (Å²) in [6.45, 7) is 1.57. The fourth-order valence-corrected chi connectivity index (χ4v) is 7.22. The molecule has 7 nitrogen and oxygen atoms in total. The molecular formula is C10H13NO6S3. The van der Waals surface area contributed by atoms with Gasteiger partial charge in [-0.25, -0.2) is 21.6 Å². The monoisotopic (exact) mass is 339 g/mol. The molecule has 1 aromatic rings. The first-order valence-corrected chi connectivity index (χ1v) is 9.85. The first kappa shape index (κ1) is 15.3. The fraction of sp³-hybridized carbons (Fsp3) is 0.500. The van der Waals surface area contributed by atoms with Crippen molar-refractivity contribution < 1.29 is 26.7 Å². The molecule has 2 N–H and O–H groups in total. The number of aryl methyl sites for hydroxylation is 1. The van der Waals surface area contributed by atoms with Gasteiger partial charge in [0, 0.05) is 0 Å². The predicted octanol–water partition coefficient (Wildman–Crippen LogP) is 0.684. The lowest BCUT2D eigenvalue weighted by Crippen LogP contribution is -2.28. The van der Waals surface area contributed by atoms with Crippen molar-refractivity contribution in [2.75, 3.05) is 16.2 Å². The summed E-state index contributed by atoms with van der Waals surface area (Å²) < 4.78 is 49.0. The third-order valence-corrected chi connectivity index (χ3v) is 8.02. The highest BCUT2D eigenvalue weighted by molar-refractivity contribution is 7.97. The highest BCUT2D eigenvalue weighted by Gasteiger charge is 2.37. The van der Waals surface area contributed by atoms with E-state index in [-0.39, 0.29) is 22.1 Å². The predicted molar refractivity (Wildman–Crippen MR) is 75.6 cm³/mol. The number of hydrogen-bond acceptors (Lipinski definition) is 6. The zero-order chi connectivity index (χ0) is 15.1. The number of carboxylic acids is 1. The zero-order valence-corrected chi connectivity index (χ0v) is 12.9. The molecule has 10 heteroatoms. The highest BCUT2D eigenvalue weighted by Crippen LogP contribution is 2.29. The van der Waals surface area contributed by atoms with E-state index in [0.29, 0.717) is 5.56 Å². The summed E-state index contributed by atoms with van der Waals surface area (Å²) in [6, 6.07) is 1.43. The van der Waals surface area contributed by atoms with E-state index in [0.717, 1.165) is 11.3 Å². The fourth-order valence-electron chi connectivity index (χ4n) is 1.97. The van der Waals surface area contributed by atoms with Gasteiger partial charge in [0.15, 0.2) is 9.84 Å². The minimum absolute atomic E-state index is 0.0572. The van der Waals surface area contributed by atoms with Crippen molar-refractivity contribution in [1.29, 1.82) is 0 Å². The minimum Gasteiger partial charge on any atom is -0.477 e. The first-order chi connectivity index (χ1) is 9.11. The van der Waals surface area contributed by atoms with E-state index in [1.165, 1.54) is 6.07 Å². The lowest BCUT2D eigenvalue weighted by Gasteiger charge is -2.10. The van der Waals surface area contributed by atoms with Gasteiger partial charge >= 0.3 is 5.97 Å². The molecule has 0 aromatic carbocycles. The Balaban J connectivity index is 2.21. The number of thiophene rings is 1. The normalized spacial score (nSPS) is 21.8. The third-order valence-electron chi connectivity index (χ3n) is 2.98. The molecule has 1 aromatic heterocycles. The first-order valence-electron chi connectivity index (χ1n) is 5.66. The van der Waals surface area contributed by atoms with Gasteiger partial charge in [-0.05, 0) is 25.0 Å². The van der Waals surface area contributed by atoms with Gasteiger partial charge in [0.25, 0.3) is 0 Å². The Bertz CT molecular complexity index is 746. The Morgan fingerprint density at radius 3 is 2.60 bits per heavy atom. The number of aromatic carboxylic acids is 1. The van der Waals surface area contributed by atoms with Crippen LogP contribution in [0.3, 0.4) is 0 Å². The van der Waals surface area contributed by atoms with Crippen LogP contribution in [0, 0.1) is 6.92 Å². The van der Waals surface area contributed by atoms with Crippen molar-refractivity contribution in [2.45, 2.75) is 18.6 Å². The molecule has 1 aliphatic rings. The van der Waals surface area contributed by atoms with Gasteiger partial charge in [0.1, 0.15) is 9.88 Å². The van der Waals surface area contributed by atoms with Gasteiger partial charge in [-0.15, -0.1) is 11.3 Å². The Kier molecular flexibility index (Phi) is 3.82. The summed E-state index contributed by atoms with van der Waals surface area (Å²) in [4.78, 5) is 11.0. The van der Waals surface area contributed by atoms with Crippen LogP contribution in [-0.4, -0.2) is 44.7 Å². The molecule has 0 spiro atoms. The smallest absolute Gasteiger partial charge is 0.346 e. The molecule has 0 amide bonds. The summed E-state index contributed by atoms with van der Waals surface area (Å²) in [7, 11) is -7.12. The van der Waals surface area contributed by atoms with Gasteiger partial charge in [-0.1, -0.05) is 0 Å². The molecule has 2 heterocycles. The van der Waals surface area contributed by atoms with E-state index in [1.807, 2.05) is 0 Å². The Morgan fingerprint density at radius 2 is 2.15 bits per heavy atom. The van der Waals surface area contributed by atoms with Crippen LogP contribution in [0.2, 0.25) is 0 Å². The number of sulfone groups is 1. The second kappa shape index (κ2) is 5.01. The number of anilines is 1. The molecule has 1 unspecified atom stereocenters. The Labute approximate surface area is 120 Å². The summed E-state index contributed by atoms with van der Waals surface area (Å²) in [5.41, 5.74) is 0.458. The van der Waals surface area contributed by atoms with Crippen LogP contribution < -0.4 is 4.72 Å². The number of rotatable bonds is 4. The lowest BCUT2D eigenvalue weighted by atomic mass is 10.3. The van der Waals surface area contributed by atoms with Crippen molar-refractivity contribution in [3.05, 3.63) is 16.5 Å². The van der Waals surface area contributed by atoms with E-state index in [2.05, 4.69) is 4.72 Å². The van der Waals surface area contributed by atoms with E-state index in [4.69, 9.17) is 5.11 Å². The van der Waals surface area contributed by atoms with Crippen LogP contribution in [0.4, 0.5) is 5.00 Å². The minimum atomic E-state index is -3.82. The SMILES string of the molecule is Cc1cc(NS(=O)(=O)C2CCS(=O)(=O)C2)sc1C(=O)O. The molecule has 0 bridgehead atoms. The van der Waals surface area contributed by atoms with Gasteiger partial charge < -0.3 is 5.11 Å². The summed E-state index contributed by atoms with van der Waals surface area (Å²) >= 11 is 0.814. The standard InChI is InChI=1S/C10H13NO6S3/c1-6-4-8(18-9(6)10(12)13)11-20(16,17)7-2-3-19(14,15)5-7/h4,7,11H,2-3,5H2,1H3,(H,12,13). The zero-order valence-electron chi connectivity index (χ0n) is 10.5. The van der Waals surface area contributed by atoms with E-state index >= 15 is 0 Å². The molecule has 0 saturated carbocycles. The number of carboxylic acid groups (broad SMARTS) is 1. The van der Waals surface area contributed by atoms with Crippen LogP contribution in [0.15, 0.2) is 6.07 Å². The Morgan fingerprint density at radius 1 is 1.50 bits per heavy atom. The molecule has 1 atom stereocenters. The van der Waals surface area contributed by atoms with E-state index in [1.54, 1.807) is 6.92 Å². The molecule has 0 radical (unpaired) electrons.